The lowest BCUT2D eigenvalue weighted by Gasteiger charge is -2.33. The molecule has 1 saturated carbocycles. The van der Waals surface area contributed by atoms with Gasteiger partial charge in [0.05, 0.1) is 0 Å². The average molecular weight is 350 g/mol. The molecule has 0 bridgehead atoms. The molecule has 0 aromatic heterocycles. The summed E-state index contributed by atoms with van der Waals surface area (Å²) >= 11 is 0. The van der Waals surface area contributed by atoms with Gasteiger partial charge in [-0.25, -0.2) is 13.2 Å². The Labute approximate surface area is 139 Å². The maximum atomic E-state index is 14.5. The largest absolute Gasteiger partial charge is 0.432 e. The molecule has 0 aliphatic heterocycles. The van der Waals surface area contributed by atoms with Crippen molar-refractivity contribution in [2.75, 3.05) is 0 Å². The Hall–Kier alpha value is -1.33. The van der Waals surface area contributed by atoms with Crippen LogP contribution >= 0.6 is 0 Å². The molecule has 1 aliphatic rings. The third-order valence-corrected chi connectivity index (χ3v) is 4.79. The molecule has 0 radical (unpaired) electrons. The highest BCUT2D eigenvalue weighted by atomic mass is 19.3. The second-order valence-electron chi connectivity index (χ2n) is 6.59. The van der Waals surface area contributed by atoms with Gasteiger partial charge < -0.3 is 4.74 Å². The summed E-state index contributed by atoms with van der Waals surface area (Å²) in [6, 6.07) is 3.05. The Kier molecular flexibility index (Phi) is 6.47. The Morgan fingerprint density at radius 3 is 2.38 bits per heavy atom. The second-order valence-corrected chi connectivity index (χ2v) is 6.59. The van der Waals surface area contributed by atoms with Crippen LogP contribution in [0.5, 0.6) is 5.75 Å². The maximum Gasteiger partial charge on any atom is 0.387 e. The van der Waals surface area contributed by atoms with Crippen LogP contribution in [0.4, 0.5) is 22.0 Å². The molecule has 0 heterocycles. The molecule has 1 aliphatic carbocycles. The molecule has 0 N–H and O–H groups in total. The molecule has 136 valence electrons. The summed E-state index contributed by atoms with van der Waals surface area (Å²) in [6.07, 6.45) is 4.14. The minimum atomic E-state index is -3.15. The first-order valence-electron chi connectivity index (χ1n) is 8.43. The normalized spacial score (nSPS) is 22.0. The first kappa shape index (κ1) is 19.0. The van der Waals surface area contributed by atoms with E-state index in [0.29, 0.717) is 18.8 Å². The van der Waals surface area contributed by atoms with Gasteiger partial charge in [0.2, 0.25) is 0 Å². The van der Waals surface area contributed by atoms with E-state index in [1.54, 1.807) is 0 Å². The summed E-state index contributed by atoms with van der Waals surface area (Å²) < 4.78 is 70.8. The van der Waals surface area contributed by atoms with Crippen molar-refractivity contribution in [2.24, 2.45) is 11.8 Å². The zero-order valence-corrected chi connectivity index (χ0v) is 13.7. The van der Waals surface area contributed by atoms with E-state index in [1.807, 2.05) is 0 Å². The Balaban J connectivity index is 1.97. The Bertz CT molecular complexity index is 524. The zero-order chi connectivity index (χ0) is 17.7. The minimum absolute atomic E-state index is 0.0924. The summed E-state index contributed by atoms with van der Waals surface area (Å²) in [5.41, 5.74) is 0.0924. The molecule has 1 fully saturated rings. The van der Waals surface area contributed by atoms with Crippen molar-refractivity contribution in [1.82, 2.24) is 0 Å². The Morgan fingerprint density at radius 1 is 1.17 bits per heavy atom. The van der Waals surface area contributed by atoms with Gasteiger partial charge in [-0.05, 0) is 49.3 Å². The fourth-order valence-corrected chi connectivity index (χ4v) is 3.54. The molecule has 1 aromatic carbocycles. The van der Waals surface area contributed by atoms with Crippen LogP contribution < -0.4 is 4.74 Å². The van der Waals surface area contributed by atoms with Crippen LogP contribution in [0, 0.1) is 17.7 Å². The van der Waals surface area contributed by atoms with E-state index in [2.05, 4.69) is 11.7 Å². The molecule has 0 amide bonds. The van der Waals surface area contributed by atoms with Gasteiger partial charge in [0.25, 0.3) is 5.92 Å². The van der Waals surface area contributed by atoms with Gasteiger partial charge in [0.15, 0.2) is 11.6 Å². The monoisotopic (exact) mass is 350 g/mol. The zero-order valence-electron chi connectivity index (χ0n) is 13.7. The van der Waals surface area contributed by atoms with Gasteiger partial charge in [-0.3, -0.25) is 0 Å². The van der Waals surface area contributed by atoms with Crippen molar-refractivity contribution in [2.45, 2.75) is 64.4 Å². The first-order chi connectivity index (χ1) is 11.3. The van der Waals surface area contributed by atoms with Crippen molar-refractivity contribution in [3.05, 3.63) is 29.6 Å². The van der Waals surface area contributed by atoms with E-state index < -0.39 is 36.4 Å². The number of rotatable bonds is 7. The van der Waals surface area contributed by atoms with E-state index in [-0.39, 0.29) is 5.56 Å². The average Bonchev–Trinajstić information content (AvgIpc) is 2.50. The second kappa shape index (κ2) is 8.17. The SMILES string of the molecule is CCCC1CCC(C(F)(F)Cc2ccc(OC(F)F)c(F)c2)CC1. The van der Waals surface area contributed by atoms with Crippen LogP contribution in [0.15, 0.2) is 18.2 Å². The maximum absolute atomic E-state index is 14.5. The number of ether oxygens (including phenoxy) is 1. The fourth-order valence-electron chi connectivity index (χ4n) is 3.54. The number of halogens is 5. The van der Waals surface area contributed by atoms with Crippen LogP contribution in [0.3, 0.4) is 0 Å². The van der Waals surface area contributed by atoms with Crippen LogP contribution in [-0.4, -0.2) is 12.5 Å². The molecule has 2 rings (SSSR count). The van der Waals surface area contributed by atoms with Gasteiger partial charge in [-0.1, -0.05) is 25.8 Å². The molecule has 24 heavy (non-hydrogen) atoms. The van der Waals surface area contributed by atoms with Crippen LogP contribution in [0.2, 0.25) is 0 Å². The smallest absolute Gasteiger partial charge is 0.387 e. The van der Waals surface area contributed by atoms with Gasteiger partial charge in [-0.2, -0.15) is 8.78 Å². The highest BCUT2D eigenvalue weighted by Gasteiger charge is 2.41. The predicted molar refractivity (Wildman–Crippen MR) is 82.0 cm³/mol. The van der Waals surface area contributed by atoms with Crippen molar-refractivity contribution < 1.29 is 26.7 Å². The predicted octanol–water partition coefficient (Wildman–Crippen LogP) is 6.21. The molecule has 0 saturated heterocycles. The van der Waals surface area contributed by atoms with Crippen molar-refractivity contribution in [3.8, 4) is 5.75 Å². The van der Waals surface area contributed by atoms with Gasteiger partial charge in [-0.15, -0.1) is 0 Å². The van der Waals surface area contributed by atoms with E-state index in [0.717, 1.165) is 37.8 Å². The third-order valence-electron chi connectivity index (χ3n) is 4.79. The van der Waals surface area contributed by atoms with E-state index in [9.17, 15) is 22.0 Å². The van der Waals surface area contributed by atoms with Gasteiger partial charge in [0, 0.05) is 12.3 Å². The summed E-state index contributed by atoms with van der Waals surface area (Å²) in [7, 11) is 0. The molecular weight excluding hydrogens is 327 g/mol. The number of alkyl halides is 4. The Morgan fingerprint density at radius 2 is 1.83 bits per heavy atom. The highest BCUT2D eigenvalue weighted by molar-refractivity contribution is 5.30. The molecule has 0 spiro atoms. The fraction of sp³-hybridized carbons (Fsp3) is 0.667. The summed E-state index contributed by atoms with van der Waals surface area (Å²) in [5.74, 6) is -4.77. The summed E-state index contributed by atoms with van der Waals surface area (Å²) in [5, 5.41) is 0. The molecule has 1 nitrogen and oxygen atoms in total. The molecule has 0 atom stereocenters. The summed E-state index contributed by atoms with van der Waals surface area (Å²) in [6.45, 7) is -1.05. The van der Waals surface area contributed by atoms with Crippen molar-refractivity contribution >= 4 is 0 Å². The molecule has 0 unspecified atom stereocenters. The number of benzene rings is 1. The highest BCUT2D eigenvalue weighted by Crippen LogP contribution is 2.41. The van der Waals surface area contributed by atoms with Crippen LogP contribution in [-0.2, 0) is 6.42 Å². The minimum Gasteiger partial charge on any atom is -0.432 e. The first-order valence-corrected chi connectivity index (χ1v) is 8.43. The number of hydrogen-bond acceptors (Lipinski definition) is 1. The topological polar surface area (TPSA) is 9.23 Å². The van der Waals surface area contributed by atoms with Crippen molar-refractivity contribution in [3.63, 3.8) is 0 Å². The number of hydrogen-bond donors (Lipinski definition) is 0. The van der Waals surface area contributed by atoms with Crippen LogP contribution in [0.1, 0.15) is 51.0 Å². The van der Waals surface area contributed by atoms with E-state index in [1.165, 1.54) is 6.07 Å². The lowest BCUT2D eigenvalue weighted by molar-refractivity contribution is -0.0747. The van der Waals surface area contributed by atoms with Crippen molar-refractivity contribution in [1.29, 1.82) is 0 Å². The van der Waals surface area contributed by atoms with Gasteiger partial charge in [0.1, 0.15) is 0 Å². The lowest BCUT2D eigenvalue weighted by atomic mass is 9.76. The van der Waals surface area contributed by atoms with E-state index >= 15 is 0 Å². The molecule has 1 aromatic rings. The van der Waals surface area contributed by atoms with E-state index in [4.69, 9.17) is 0 Å². The lowest BCUT2D eigenvalue weighted by Crippen LogP contribution is -2.34. The molecular formula is C18H23F5O. The van der Waals surface area contributed by atoms with Crippen LogP contribution in [0.25, 0.3) is 0 Å². The standard InChI is InChI=1S/C18H23F5O/c1-2-3-12-4-7-14(8-5-12)18(22,23)11-13-6-9-16(15(19)10-13)24-17(20)21/h6,9-10,12,14,17H,2-5,7-8,11H2,1H3. The molecule has 6 heteroatoms. The third kappa shape index (κ3) is 5.08. The quantitative estimate of drug-likeness (QED) is 0.531. The summed E-state index contributed by atoms with van der Waals surface area (Å²) in [4.78, 5) is 0. The van der Waals surface area contributed by atoms with Gasteiger partial charge >= 0.3 is 6.61 Å².